The number of benzene rings is 1. The molecule has 0 saturated carbocycles. The third-order valence-electron chi connectivity index (χ3n) is 5.48. The highest BCUT2D eigenvalue weighted by atomic mass is 16.5. The van der Waals surface area contributed by atoms with Gasteiger partial charge in [0.2, 0.25) is 5.91 Å². The van der Waals surface area contributed by atoms with Crippen LogP contribution in [0, 0.1) is 5.92 Å². The van der Waals surface area contributed by atoms with Crippen molar-refractivity contribution in [3.8, 4) is 5.75 Å². The van der Waals surface area contributed by atoms with Crippen molar-refractivity contribution in [2.24, 2.45) is 11.7 Å². The van der Waals surface area contributed by atoms with Crippen LogP contribution in [0.1, 0.15) is 32.1 Å². The number of ether oxygens (including phenoxy) is 1. The zero-order chi connectivity index (χ0) is 18.4. The predicted octanol–water partition coefficient (Wildman–Crippen LogP) is 1.64. The summed E-state index contributed by atoms with van der Waals surface area (Å²) in [7, 11) is 0. The summed E-state index contributed by atoms with van der Waals surface area (Å²) in [6.07, 6.45) is 4.68. The molecule has 0 bridgehead atoms. The number of nitrogens with two attached hydrogens (primary N) is 1. The molecule has 0 aliphatic carbocycles. The predicted molar refractivity (Wildman–Crippen MR) is 99.6 cm³/mol. The van der Waals surface area contributed by atoms with Crippen molar-refractivity contribution in [3.63, 3.8) is 0 Å². The van der Waals surface area contributed by atoms with Gasteiger partial charge in [-0.2, -0.15) is 0 Å². The summed E-state index contributed by atoms with van der Waals surface area (Å²) >= 11 is 0. The second kappa shape index (κ2) is 9.03. The standard InChI is InChI=1S/C20H29N3O3/c21-14-17-6-4-5-11-23(17)20(25)16-9-12-22(13-10-16)19(24)15-26-18-7-2-1-3-8-18/h1-3,7-8,16-17H,4-6,9-15,21H2. The van der Waals surface area contributed by atoms with E-state index < -0.39 is 0 Å². The highest BCUT2D eigenvalue weighted by Gasteiger charge is 2.33. The minimum atomic E-state index is -0.0161. The number of likely N-dealkylation sites (tertiary alicyclic amines) is 2. The van der Waals surface area contributed by atoms with Crippen molar-refractivity contribution in [1.82, 2.24) is 9.80 Å². The number of carbonyl (C=O) groups is 2. The van der Waals surface area contributed by atoms with Gasteiger partial charge >= 0.3 is 0 Å². The number of hydrogen-bond acceptors (Lipinski definition) is 4. The Bertz CT molecular complexity index is 600. The lowest BCUT2D eigenvalue weighted by molar-refractivity contribution is -0.144. The topological polar surface area (TPSA) is 75.9 Å². The first kappa shape index (κ1) is 18.7. The quantitative estimate of drug-likeness (QED) is 0.867. The van der Waals surface area contributed by atoms with E-state index in [4.69, 9.17) is 10.5 Å². The summed E-state index contributed by atoms with van der Waals surface area (Å²) in [5.41, 5.74) is 5.84. The van der Waals surface area contributed by atoms with E-state index in [1.165, 1.54) is 0 Å². The fraction of sp³-hybridized carbons (Fsp3) is 0.600. The van der Waals surface area contributed by atoms with Gasteiger partial charge in [-0.15, -0.1) is 0 Å². The molecule has 3 rings (SSSR count). The van der Waals surface area contributed by atoms with E-state index >= 15 is 0 Å². The Kier molecular flexibility index (Phi) is 6.50. The van der Waals surface area contributed by atoms with E-state index in [1.54, 1.807) is 0 Å². The first-order valence-corrected chi connectivity index (χ1v) is 9.65. The van der Waals surface area contributed by atoms with E-state index in [-0.39, 0.29) is 30.4 Å². The number of para-hydroxylation sites is 1. The SMILES string of the molecule is NCC1CCCCN1C(=O)C1CCN(C(=O)COc2ccccc2)CC1. The maximum atomic E-state index is 12.9. The van der Waals surface area contributed by atoms with Crippen LogP contribution in [0.15, 0.2) is 30.3 Å². The van der Waals surface area contributed by atoms with Gasteiger partial charge in [-0.25, -0.2) is 0 Å². The molecule has 2 aliphatic rings. The largest absolute Gasteiger partial charge is 0.484 e. The normalized spacial score (nSPS) is 21.5. The van der Waals surface area contributed by atoms with Gasteiger partial charge < -0.3 is 20.3 Å². The summed E-state index contributed by atoms with van der Waals surface area (Å²) < 4.78 is 5.54. The Labute approximate surface area is 155 Å². The van der Waals surface area contributed by atoms with Crippen LogP contribution in [-0.2, 0) is 9.59 Å². The number of carbonyl (C=O) groups excluding carboxylic acids is 2. The molecule has 2 heterocycles. The maximum absolute atomic E-state index is 12.9. The van der Waals surface area contributed by atoms with Crippen LogP contribution >= 0.6 is 0 Å². The lowest BCUT2D eigenvalue weighted by atomic mass is 9.92. The van der Waals surface area contributed by atoms with Crippen LogP contribution in [-0.4, -0.2) is 60.4 Å². The molecule has 0 aromatic heterocycles. The van der Waals surface area contributed by atoms with Crippen molar-refractivity contribution in [3.05, 3.63) is 30.3 Å². The summed E-state index contributed by atoms with van der Waals surface area (Å²) in [5.74, 6) is 0.926. The first-order chi connectivity index (χ1) is 12.7. The van der Waals surface area contributed by atoms with Crippen molar-refractivity contribution in [1.29, 1.82) is 0 Å². The molecule has 142 valence electrons. The van der Waals surface area contributed by atoms with Gasteiger partial charge in [-0.3, -0.25) is 9.59 Å². The molecule has 0 radical (unpaired) electrons. The molecule has 2 amide bonds. The van der Waals surface area contributed by atoms with E-state index in [2.05, 4.69) is 0 Å². The van der Waals surface area contributed by atoms with Crippen molar-refractivity contribution >= 4 is 11.8 Å². The van der Waals surface area contributed by atoms with Crippen LogP contribution < -0.4 is 10.5 Å². The van der Waals surface area contributed by atoms with Crippen molar-refractivity contribution in [2.45, 2.75) is 38.1 Å². The van der Waals surface area contributed by atoms with Gasteiger partial charge in [0, 0.05) is 38.1 Å². The molecule has 1 aromatic rings. The number of hydrogen-bond donors (Lipinski definition) is 1. The van der Waals surface area contributed by atoms with Gasteiger partial charge in [0.1, 0.15) is 5.75 Å². The summed E-state index contributed by atoms with van der Waals surface area (Å²) in [4.78, 5) is 29.0. The van der Waals surface area contributed by atoms with Gasteiger partial charge in [-0.1, -0.05) is 18.2 Å². The van der Waals surface area contributed by atoms with Gasteiger partial charge in [-0.05, 0) is 44.2 Å². The number of amides is 2. The van der Waals surface area contributed by atoms with E-state index in [1.807, 2.05) is 40.1 Å². The van der Waals surface area contributed by atoms with Crippen molar-refractivity contribution in [2.75, 3.05) is 32.8 Å². The van der Waals surface area contributed by atoms with Gasteiger partial charge in [0.25, 0.3) is 5.91 Å². The van der Waals surface area contributed by atoms with Crippen LogP contribution in [0.5, 0.6) is 5.75 Å². The van der Waals surface area contributed by atoms with E-state index in [0.717, 1.165) is 38.6 Å². The third kappa shape index (κ3) is 4.55. The Morgan fingerprint density at radius 3 is 2.46 bits per heavy atom. The Hall–Kier alpha value is -2.08. The lowest BCUT2D eigenvalue weighted by Crippen LogP contribution is -2.51. The molecular formula is C20H29N3O3. The highest BCUT2D eigenvalue weighted by molar-refractivity contribution is 5.81. The molecule has 6 nitrogen and oxygen atoms in total. The lowest BCUT2D eigenvalue weighted by Gasteiger charge is -2.39. The summed E-state index contributed by atoms with van der Waals surface area (Å²) in [5, 5.41) is 0. The molecule has 2 N–H and O–H groups in total. The average Bonchev–Trinajstić information content (AvgIpc) is 2.72. The maximum Gasteiger partial charge on any atom is 0.260 e. The van der Waals surface area contributed by atoms with Gasteiger partial charge in [0.05, 0.1) is 0 Å². The number of nitrogens with zero attached hydrogens (tertiary/aromatic N) is 2. The fourth-order valence-electron chi connectivity index (χ4n) is 3.90. The molecular weight excluding hydrogens is 330 g/mol. The Morgan fingerprint density at radius 1 is 1.04 bits per heavy atom. The molecule has 1 atom stereocenters. The zero-order valence-electron chi connectivity index (χ0n) is 15.3. The minimum absolute atomic E-state index is 0.0150. The van der Waals surface area contributed by atoms with Crippen molar-refractivity contribution < 1.29 is 14.3 Å². The van der Waals surface area contributed by atoms with E-state index in [0.29, 0.717) is 25.4 Å². The van der Waals surface area contributed by atoms with Crippen LogP contribution in [0.2, 0.25) is 0 Å². The smallest absolute Gasteiger partial charge is 0.260 e. The molecule has 1 aromatic carbocycles. The number of rotatable bonds is 5. The van der Waals surface area contributed by atoms with Crippen LogP contribution in [0.4, 0.5) is 0 Å². The average molecular weight is 359 g/mol. The molecule has 26 heavy (non-hydrogen) atoms. The zero-order valence-corrected chi connectivity index (χ0v) is 15.3. The molecule has 2 saturated heterocycles. The second-order valence-electron chi connectivity index (χ2n) is 7.17. The fourth-order valence-corrected chi connectivity index (χ4v) is 3.90. The second-order valence-corrected chi connectivity index (χ2v) is 7.17. The molecule has 6 heteroatoms. The van der Waals surface area contributed by atoms with Gasteiger partial charge in [0.15, 0.2) is 6.61 Å². The van der Waals surface area contributed by atoms with Crippen LogP contribution in [0.25, 0.3) is 0 Å². The number of piperidine rings is 2. The first-order valence-electron chi connectivity index (χ1n) is 9.65. The van der Waals surface area contributed by atoms with Crippen LogP contribution in [0.3, 0.4) is 0 Å². The highest BCUT2D eigenvalue weighted by Crippen LogP contribution is 2.24. The monoisotopic (exact) mass is 359 g/mol. The summed E-state index contributed by atoms with van der Waals surface area (Å²) in [6, 6.07) is 9.54. The molecule has 2 aliphatic heterocycles. The molecule has 0 spiro atoms. The molecule has 2 fully saturated rings. The summed E-state index contributed by atoms with van der Waals surface area (Å²) in [6.45, 7) is 2.65. The third-order valence-corrected chi connectivity index (χ3v) is 5.48. The Balaban J connectivity index is 1.46. The molecule has 1 unspecified atom stereocenters. The minimum Gasteiger partial charge on any atom is -0.484 e. The Morgan fingerprint density at radius 2 is 1.77 bits per heavy atom. The van der Waals surface area contributed by atoms with E-state index in [9.17, 15) is 9.59 Å².